The Bertz CT molecular complexity index is 190. The Balaban J connectivity index is 2.27. The fourth-order valence-corrected chi connectivity index (χ4v) is 2.34. The largest absolute Gasteiger partial charge is 0.383 e. The number of likely N-dealkylation sites (tertiary alicyclic amines) is 1. The molecule has 1 N–H and O–H groups in total. The molecular weight excluding hydrogens is 216 g/mol. The van der Waals surface area contributed by atoms with Crippen LogP contribution in [-0.2, 0) is 9.47 Å². The van der Waals surface area contributed by atoms with Crippen LogP contribution in [0, 0.1) is 0 Å². The maximum absolute atomic E-state index is 5.84. The molecular formula is C13H28N2O2. The molecule has 1 heterocycles. The van der Waals surface area contributed by atoms with Crippen molar-refractivity contribution in [3.63, 3.8) is 0 Å². The zero-order valence-corrected chi connectivity index (χ0v) is 11.6. The number of likely N-dealkylation sites (N-methyl/N-ethyl adjacent to an activating group) is 1. The van der Waals surface area contributed by atoms with Crippen molar-refractivity contribution in [3.05, 3.63) is 0 Å². The van der Waals surface area contributed by atoms with Crippen LogP contribution < -0.4 is 5.32 Å². The van der Waals surface area contributed by atoms with E-state index in [0.717, 1.165) is 32.7 Å². The van der Waals surface area contributed by atoms with Crippen molar-refractivity contribution >= 4 is 0 Å². The molecule has 1 aliphatic rings. The summed E-state index contributed by atoms with van der Waals surface area (Å²) < 4.78 is 11.1. The third kappa shape index (κ3) is 5.82. The first-order chi connectivity index (χ1) is 8.30. The van der Waals surface area contributed by atoms with Gasteiger partial charge in [0.15, 0.2) is 0 Å². The summed E-state index contributed by atoms with van der Waals surface area (Å²) in [5.74, 6) is 0. The van der Waals surface area contributed by atoms with Gasteiger partial charge < -0.3 is 14.8 Å². The topological polar surface area (TPSA) is 33.7 Å². The highest BCUT2D eigenvalue weighted by atomic mass is 16.5. The summed E-state index contributed by atoms with van der Waals surface area (Å²) in [6, 6.07) is 0.421. The van der Waals surface area contributed by atoms with Crippen LogP contribution in [0.15, 0.2) is 0 Å². The van der Waals surface area contributed by atoms with Crippen molar-refractivity contribution in [2.24, 2.45) is 0 Å². The van der Waals surface area contributed by atoms with Gasteiger partial charge in [-0.25, -0.2) is 0 Å². The van der Waals surface area contributed by atoms with Gasteiger partial charge in [-0.05, 0) is 32.9 Å². The Hall–Kier alpha value is -0.160. The van der Waals surface area contributed by atoms with Crippen molar-refractivity contribution in [2.45, 2.75) is 38.3 Å². The minimum atomic E-state index is 0.421. The van der Waals surface area contributed by atoms with E-state index in [1.54, 1.807) is 7.11 Å². The van der Waals surface area contributed by atoms with Gasteiger partial charge in [0.05, 0.1) is 12.7 Å². The molecule has 4 heteroatoms. The Labute approximate surface area is 106 Å². The normalized spacial score (nSPS) is 23.8. The van der Waals surface area contributed by atoms with E-state index < -0.39 is 0 Å². The average Bonchev–Trinajstić information content (AvgIpc) is 2.36. The summed E-state index contributed by atoms with van der Waals surface area (Å²) in [4.78, 5) is 2.49. The molecule has 0 aliphatic carbocycles. The Morgan fingerprint density at radius 3 is 2.94 bits per heavy atom. The second-order valence-corrected chi connectivity index (χ2v) is 4.84. The first kappa shape index (κ1) is 14.9. The molecule has 0 aromatic heterocycles. The molecule has 17 heavy (non-hydrogen) atoms. The number of ether oxygens (including phenoxy) is 2. The van der Waals surface area contributed by atoms with Crippen LogP contribution in [-0.4, -0.2) is 64.1 Å². The first-order valence-electron chi connectivity index (χ1n) is 6.80. The van der Waals surface area contributed by atoms with Crippen molar-refractivity contribution in [3.8, 4) is 0 Å². The van der Waals surface area contributed by atoms with E-state index in [0.29, 0.717) is 12.1 Å². The first-order valence-corrected chi connectivity index (χ1v) is 6.80. The number of hydrogen-bond acceptors (Lipinski definition) is 4. The van der Waals surface area contributed by atoms with Crippen molar-refractivity contribution < 1.29 is 9.47 Å². The highest BCUT2D eigenvalue weighted by molar-refractivity contribution is 4.77. The fourth-order valence-electron chi connectivity index (χ4n) is 2.34. The van der Waals surface area contributed by atoms with E-state index in [1.165, 1.54) is 19.4 Å². The quantitative estimate of drug-likeness (QED) is 0.693. The molecule has 1 aliphatic heterocycles. The molecule has 0 bridgehead atoms. The van der Waals surface area contributed by atoms with Crippen molar-refractivity contribution in [1.29, 1.82) is 0 Å². The van der Waals surface area contributed by atoms with E-state index in [9.17, 15) is 0 Å². The molecule has 2 unspecified atom stereocenters. The summed E-state index contributed by atoms with van der Waals surface area (Å²) >= 11 is 0. The van der Waals surface area contributed by atoms with E-state index in [-0.39, 0.29) is 0 Å². The Kier molecular flexibility index (Phi) is 7.77. The van der Waals surface area contributed by atoms with Gasteiger partial charge in [-0.3, -0.25) is 4.90 Å². The molecule has 0 spiro atoms. The number of piperidine rings is 1. The monoisotopic (exact) mass is 244 g/mol. The highest BCUT2D eigenvalue weighted by Gasteiger charge is 2.22. The summed E-state index contributed by atoms with van der Waals surface area (Å²) in [5, 5.41) is 3.30. The van der Waals surface area contributed by atoms with Crippen molar-refractivity contribution in [2.75, 3.05) is 47.0 Å². The number of nitrogens with zero attached hydrogens (tertiary/aromatic N) is 1. The Morgan fingerprint density at radius 2 is 2.29 bits per heavy atom. The van der Waals surface area contributed by atoms with Gasteiger partial charge in [0.2, 0.25) is 0 Å². The summed E-state index contributed by atoms with van der Waals surface area (Å²) in [5.41, 5.74) is 0. The van der Waals surface area contributed by atoms with Gasteiger partial charge >= 0.3 is 0 Å². The number of hydrogen-bond donors (Lipinski definition) is 1. The molecule has 0 amide bonds. The van der Waals surface area contributed by atoms with E-state index in [1.807, 2.05) is 7.05 Å². The standard InChI is InChI=1S/C13H28N2O2/c1-4-8-17-13-6-5-7-15(10-13)9-12(14-2)11-16-3/h12-14H,4-11H2,1-3H3. The lowest BCUT2D eigenvalue weighted by Gasteiger charge is -2.34. The van der Waals surface area contributed by atoms with Gasteiger partial charge in [0.25, 0.3) is 0 Å². The number of rotatable bonds is 8. The lowest BCUT2D eigenvalue weighted by Crippen LogP contribution is -2.47. The molecule has 1 rings (SSSR count). The van der Waals surface area contributed by atoms with Gasteiger partial charge in [-0.15, -0.1) is 0 Å². The van der Waals surface area contributed by atoms with Crippen LogP contribution in [0.4, 0.5) is 0 Å². The lowest BCUT2D eigenvalue weighted by atomic mass is 10.1. The fraction of sp³-hybridized carbons (Fsp3) is 1.00. The predicted molar refractivity (Wildman–Crippen MR) is 70.4 cm³/mol. The maximum Gasteiger partial charge on any atom is 0.0702 e. The van der Waals surface area contributed by atoms with Crippen LogP contribution in [0.2, 0.25) is 0 Å². The second-order valence-electron chi connectivity index (χ2n) is 4.84. The predicted octanol–water partition coefficient (Wildman–Crippen LogP) is 1.11. The molecule has 0 saturated carbocycles. The summed E-state index contributed by atoms with van der Waals surface area (Å²) in [7, 11) is 3.76. The van der Waals surface area contributed by atoms with Gasteiger partial charge in [-0.1, -0.05) is 6.92 Å². The molecule has 0 aromatic rings. The van der Waals surface area contributed by atoms with Crippen LogP contribution in [0.1, 0.15) is 26.2 Å². The zero-order valence-electron chi connectivity index (χ0n) is 11.6. The molecule has 4 nitrogen and oxygen atoms in total. The van der Waals surface area contributed by atoms with E-state index in [4.69, 9.17) is 9.47 Å². The summed E-state index contributed by atoms with van der Waals surface area (Å²) in [6.07, 6.45) is 4.01. The minimum Gasteiger partial charge on any atom is -0.383 e. The third-order valence-corrected chi connectivity index (χ3v) is 3.27. The third-order valence-electron chi connectivity index (χ3n) is 3.27. The SMILES string of the molecule is CCCOC1CCCN(CC(COC)NC)C1. The van der Waals surface area contributed by atoms with Crippen molar-refractivity contribution in [1.82, 2.24) is 10.2 Å². The number of nitrogens with one attached hydrogen (secondary N) is 1. The molecule has 102 valence electrons. The molecule has 0 radical (unpaired) electrons. The lowest BCUT2D eigenvalue weighted by molar-refractivity contribution is -0.00445. The molecule has 2 atom stereocenters. The van der Waals surface area contributed by atoms with E-state index >= 15 is 0 Å². The molecule has 1 saturated heterocycles. The summed E-state index contributed by atoms with van der Waals surface area (Å²) in [6.45, 7) is 7.14. The van der Waals surface area contributed by atoms with Crippen LogP contribution in [0.25, 0.3) is 0 Å². The van der Waals surface area contributed by atoms with Crippen LogP contribution in [0.3, 0.4) is 0 Å². The molecule has 0 aromatic carbocycles. The highest BCUT2D eigenvalue weighted by Crippen LogP contribution is 2.13. The smallest absolute Gasteiger partial charge is 0.0702 e. The van der Waals surface area contributed by atoms with Gasteiger partial charge in [0.1, 0.15) is 0 Å². The van der Waals surface area contributed by atoms with Crippen LogP contribution >= 0.6 is 0 Å². The van der Waals surface area contributed by atoms with Gasteiger partial charge in [0, 0.05) is 32.8 Å². The zero-order chi connectivity index (χ0) is 12.5. The maximum atomic E-state index is 5.84. The average molecular weight is 244 g/mol. The van der Waals surface area contributed by atoms with E-state index in [2.05, 4.69) is 17.1 Å². The second kappa shape index (κ2) is 8.86. The molecule has 1 fully saturated rings. The Morgan fingerprint density at radius 1 is 1.47 bits per heavy atom. The minimum absolute atomic E-state index is 0.421. The number of methoxy groups -OCH3 is 1. The van der Waals surface area contributed by atoms with Gasteiger partial charge in [-0.2, -0.15) is 0 Å². The van der Waals surface area contributed by atoms with Crippen LogP contribution in [0.5, 0.6) is 0 Å².